The molecule has 0 amide bonds. The van der Waals surface area contributed by atoms with Crippen LogP contribution in [-0.4, -0.2) is 22.1 Å². The molecule has 86 valence electrons. The number of carbonyl (C=O) groups is 1. The van der Waals surface area contributed by atoms with E-state index < -0.39 is 5.97 Å². The lowest BCUT2D eigenvalue weighted by molar-refractivity contribution is 0.0697. The quantitative estimate of drug-likeness (QED) is 0.893. The van der Waals surface area contributed by atoms with Gasteiger partial charge in [0.2, 0.25) is 0 Å². The number of aromatic carboxylic acids is 1. The Morgan fingerprint density at radius 3 is 3.06 bits per heavy atom. The summed E-state index contributed by atoms with van der Waals surface area (Å²) >= 11 is 3.22. The molecule has 1 aromatic heterocycles. The predicted molar refractivity (Wildman–Crippen MR) is 64.7 cm³/mol. The van der Waals surface area contributed by atoms with Crippen molar-refractivity contribution in [1.29, 1.82) is 0 Å². The number of hydrogen-bond donors (Lipinski definition) is 2. The molecule has 1 aliphatic carbocycles. The lowest BCUT2D eigenvalue weighted by atomic mass is 10.2. The third-order valence-corrected chi connectivity index (χ3v) is 3.29. The molecule has 2 N–H and O–H groups in total. The van der Waals surface area contributed by atoms with Crippen molar-refractivity contribution in [3.8, 4) is 0 Å². The van der Waals surface area contributed by atoms with E-state index in [0.717, 1.165) is 12.8 Å². The molecule has 1 aliphatic rings. The number of carboxylic acids is 1. The molecule has 4 nitrogen and oxygen atoms in total. The van der Waals surface area contributed by atoms with E-state index in [4.69, 9.17) is 5.11 Å². The van der Waals surface area contributed by atoms with Crippen LogP contribution >= 0.6 is 15.9 Å². The molecule has 2 unspecified atom stereocenters. The first kappa shape index (κ1) is 11.4. The van der Waals surface area contributed by atoms with Crippen molar-refractivity contribution in [2.75, 3.05) is 5.32 Å². The first-order valence-corrected chi connectivity index (χ1v) is 6.06. The van der Waals surface area contributed by atoms with E-state index in [-0.39, 0.29) is 5.56 Å². The fraction of sp³-hybridized carbons (Fsp3) is 0.455. The molecule has 0 aliphatic heterocycles. The SMILES string of the molecule is CCC1CC1Nc1ncc(Br)cc1C(=O)O. The first-order valence-electron chi connectivity index (χ1n) is 5.27. The van der Waals surface area contributed by atoms with Gasteiger partial charge in [0.25, 0.3) is 0 Å². The Hall–Kier alpha value is -1.10. The van der Waals surface area contributed by atoms with Crippen LogP contribution < -0.4 is 5.32 Å². The maximum Gasteiger partial charge on any atom is 0.339 e. The molecular formula is C11H13BrN2O2. The zero-order valence-corrected chi connectivity index (χ0v) is 10.5. The fourth-order valence-corrected chi connectivity index (χ4v) is 2.10. The van der Waals surface area contributed by atoms with Crippen molar-refractivity contribution >= 4 is 27.7 Å². The van der Waals surface area contributed by atoms with Crippen LogP contribution in [0.2, 0.25) is 0 Å². The summed E-state index contributed by atoms with van der Waals surface area (Å²) in [6.07, 6.45) is 3.84. The highest BCUT2D eigenvalue weighted by Gasteiger charge is 2.36. The Morgan fingerprint density at radius 1 is 1.75 bits per heavy atom. The van der Waals surface area contributed by atoms with Gasteiger partial charge in [-0.05, 0) is 34.3 Å². The standard InChI is InChI=1S/C11H13BrN2O2/c1-2-6-3-9(6)14-10-8(11(15)16)4-7(12)5-13-10/h4-6,9H,2-3H2,1H3,(H,13,14)(H,15,16). The maximum absolute atomic E-state index is 11.0. The maximum atomic E-state index is 11.0. The topological polar surface area (TPSA) is 62.2 Å². The number of rotatable bonds is 4. The molecule has 2 atom stereocenters. The minimum Gasteiger partial charge on any atom is -0.478 e. The van der Waals surface area contributed by atoms with E-state index in [1.54, 1.807) is 12.3 Å². The second-order valence-corrected chi connectivity index (χ2v) is 4.93. The van der Waals surface area contributed by atoms with Gasteiger partial charge in [0.1, 0.15) is 11.4 Å². The highest BCUT2D eigenvalue weighted by Crippen LogP contribution is 2.36. The largest absolute Gasteiger partial charge is 0.478 e. The molecule has 0 bridgehead atoms. The Labute approximate surface area is 102 Å². The van der Waals surface area contributed by atoms with Crippen LogP contribution in [0.4, 0.5) is 5.82 Å². The van der Waals surface area contributed by atoms with E-state index >= 15 is 0 Å². The van der Waals surface area contributed by atoms with Crippen LogP contribution in [0.25, 0.3) is 0 Å². The molecule has 16 heavy (non-hydrogen) atoms. The van der Waals surface area contributed by atoms with Crippen LogP contribution in [0.5, 0.6) is 0 Å². The van der Waals surface area contributed by atoms with Crippen LogP contribution in [0, 0.1) is 5.92 Å². The summed E-state index contributed by atoms with van der Waals surface area (Å²) in [6.45, 7) is 2.14. The Kier molecular flexibility index (Phi) is 3.14. The smallest absolute Gasteiger partial charge is 0.339 e. The van der Waals surface area contributed by atoms with Crippen LogP contribution in [0.15, 0.2) is 16.7 Å². The van der Waals surface area contributed by atoms with Gasteiger partial charge in [0.05, 0.1) is 0 Å². The highest BCUT2D eigenvalue weighted by molar-refractivity contribution is 9.10. The number of hydrogen-bond acceptors (Lipinski definition) is 3. The number of nitrogens with one attached hydrogen (secondary N) is 1. The summed E-state index contributed by atoms with van der Waals surface area (Å²) in [5.74, 6) is 0.175. The molecule has 1 fully saturated rings. The van der Waals surface area contributed by atoms with Gasteiger partial charge in [0, 0.05) is 16.7 Å². The zero-order valence-electron chi connectivity index (χ0n) is 8.90. The van der Waals surface area contributed by atoms with E-state index in [1.807, 2.05) is 0 Å². The normalized spacial score (nSPS) is 22.9. The van der Waals surface area contributed by atoms with Crippen molar-refractivity contribution in [2.24, 2.45) is 5.92 Å². The van der Waals surface area contributed by atoms with E-state index in [9.17, 15) is 4.79 Å². The average molecular weight is 285 g/mol. The van der Waals surface area contributed by atoms with Gasteiger partial charge >= 0.3 is 5.97 Å². The molecule has 0 saturated heterocycles. The van der Waals surface area contributed by atoms with Crippen molar-refractivity contribution in [3.63, 3.8) is 0 Å². The summed E-state index contributed by atoms with van der Waals surface area (Å²) < 4.78 is 0.679. The van der Waals surface area contributed by atoms with Gasteiger partial charge in [-0.3, -0.25) is 0 Å². The van der Waals surface area contributed by atoms with Gasteiger partial charge in [-0.1, -0.05) is 13.3 Å². The van der Waals surface area contributed by atoms with Gasteiger partial charge < -0.3 is 10.4 Å². The summed E-state index contributed by atoms with van der Waals surface area (Å²) in [5.41, 5.74) is 0.219. The van der Waals surface area contributed by atoms with E-state index in [0.29, 0.717) is 22.3 Å². The Balaban J connectivity index is 2.17. The molecule has 5 heteroatoms. The molecule has 0 spiro atoms. The van der Waals surface area contributed by atoms with Crippen molar-refractivity contribution in [3.05, 3.63) is 22.3 Å². The molecule has 1 saturated carbocycles. The summed E-state index contributed by atoms with van der Waals surface area (Å²) in [7, 11) is 0. The fourth-order valence-electron chi connectivity index (χ4n) is 1.77. The van der Waals surface area contributed by atoms with E-state index in [1.165, 1.54) is 0 Å². The number of aromatic nitrogens is 1. The highest BCUT2D eigenvalue weighted by atomic mass is 79.9. The second-order valence-electron chi connectivity index (χ2n) is 4.01. The van der Waals surface area contributed by atoms with Gasteiger partial charge in [-0.15, -0.1) is 0 Å². The molecule has 2 rings (SSSR count). The molecular weight excluding hydrogens is 272 g/mol. The van der Waals surface area contributed by atoms with Crippen molar-refractivity contribution < 1.29 is 9.90 Å². The van der Waals surface area contributed by atoms with Gasteiger partial charge in [-0.2, -0.15) is 0 Å². The minimum absolute atomic E-state index is 0.219. The Bertz CT molecular complexity index is 422. The average Bonchev–Trinajstić information content (AvgIpc) is 2.99. The predicted octanol–water partition coefficient (Wildman–Crippen LogP) is 2.75. The third kappa shape index (κ3) is 2.35. The zero-order chi connectivity index (χ0) is 11.7. The van der Waals surface area contributed by atoms with Crippen LogP contribution in [0.3, 0.4) is 0 Å². The third-order valence-electron chi connectivity index (χ3n) is 2.85. The molecule has 1 heterocycles. The monoisotopic (exact) mass is 284 g/mol. The number of anilines is 1. The van der Waals surface area contributed by atoms with Gasteiger partial charge in [-0.25, -0.2) is 9.78 Å². The molecule has 0 aromatic carbocycles. The number of nitrogens with zero attached hydrogens (tertiary/aromatic N) is 1. The number of carboxylic acid groups (broad SMARTS) is 1. The summed E-state index contributed by atoms with van der Waals surface area (Å²) in [4.78, 5) is 15.1. The van der Waals surface area contributed by atoms with Crippen LogP contribution in [-0.2, 0) is 0 Å². The van der Waals surface area contributed by atoms with E-state index in [2.05, 4.69) is 33.2 Å². The summed E-state index contributed by atoms with van der Waals surface area (Å²) in [6, 6.07) is 1.96. The second kappa shape index (κ2) is 4.41. The van der Waals surface area contributed by atoms with Crippen molar-refractivity contribution in [2.45, 2.75) is 25.8 Å². The van der Waals surface area contributed by atoms with Gasteiger partial charge in [0.15, 0.2) is 0 Å². The summed E-state index contributed by atoms with van der Waals surface area (Å²) in [5, 5.41) is 12.2. The molecule has 0 radical (unpaired) electrons. The lowest BCUT2D eigenvalue weighted by Gasteiger charge is -2.08. The Morgan fingerprint density at radius 2 is 2.50 bits per heavy atom. The number of halogens is 1. The first-order chi connectivity index (χ1) is 7.61. The van der Waals surface area contributed by atoms with Crippen molar-refractivity contribution in [1.82, 2.24) is 4.98 Å². The minimum atomic E-state index is -0.954. The molecule has 1 aromatic rings. The number of pyridine rings is 1. The lowest BCUT2D eigenvalue weighted by Crippen LogP contribution is -2.11. The van der Waals surface area contributed by atoms with Crippen LogP contribution in [0.1, 0.15) is 30.1 Å².